The van der Waals surface area contributed by atoms with E-state index in [9.17, 15) is 19.5 Å². The highest BCUT2D eigenvalue weighted by Crippen LogP contribution is 2.25. The maximum atomic E-state index is 12.2. The number of hydrogen-bond donors (Lipinski definition) is 6. The molecule has 0 bridgehead atoms. The first-order chi connectivity index (χ1) is 13.9. The minimum atomic E-state index is -1.15. The highest BCUT2D eigenvalue weighted by molar-refractivity contribution is 5.97. The van der Waals surface area contributed by atoms with Gasteiger partial charge in [0.25, 0.3) is 5.91 Å². The van der Waals surface area contributed by atoms with Crippen molar-refractivity contribution >= 4 is 29.8 Å². The van der Waals surface area contributed by atoms with Gasteiger partial charge in [0, 0.05) is 11.1 Å². The van der Waals surface area contributed by atoms with E-state index in [0.717, 1.165) is 0 Å². The van der Waals surface area contributed by atoms with Gasteiger partial charge in [0.1, 0.15) is 12.1 Å². The van der Waals surface area contributed by atoms with Gasteiger partial charge in [-0.2, -0.15) is 0 Å². The molecule has 10 heteroatoms. The number of aliphatic carboxylic acids is 1. The number of aromatic hydroxyl groups is 1. The van der Waals surface area contributed by atoms with Gasteiger partial charge in [-0.3, -0.25) is 14.4 Å². The van der Waals surface area contributed by atoms with Gasteiger partial charge in [-0.15, -0.1) is 0 Å². The quantitative estimate of drug-likeness (QED) is 0.155. The lowest BCUT2D eigenvalue weighted by molar-refractivity contribution is -0.137. The van der Waals surface area contributed by atoms with E-state index in [1.54, 1.807) is 30.3 Å². The van der Waals surface area contributed by atoms with Crippen LogP contribution in [0.25, 0.3) is 0 Å². The molecule has 0 saturated carbocycles. The molecular weight excluding hydrogens is 378 g/mol. The van der Waals surface area contributed by atoms with Crippen molar-refractivity contribution in [1.29, 1.82) is 0 Å². The van der Waals surface area contributed by atoms with Gasteiger partial charge in [-0.25, -0.2) is 10.8 Å². The Kier molecular flexibility index (Phi) is 7.68. The standard InChI is InChI=1S/C19H21N5O5/c20-23-11-22-13-5-3-4-12(8-13)19(29)21-10-17(26)24-15(9-18(27)28)14-6-1-2-7-16(14)25/h1-8,11,15,25H,9-10,20H2,(H,21,29)(H,22,23)(H,24,26)(H,27,28). The first-order valence-electron chi connectivity index (χ1n) is 8.56. The Morgan fingerprint density at radius 2 is 1.90 bits per heavy atom. The fraction of sp³-hybridized carbons (Fsp3) is 0.158. The number of phenolic OH excluding ortho intramolecular Hbond substituents is 1. The van der Waals surface area contributed by atoms with Crippen LogP contribution in [0.5, 0.6) is 5.75 Å². The summed E-state index contributed by atoms with van der Waals surface area (Å²) < 4.78 is 0. The number of nitrogens with one attached hydrogen (secondary N) is 3. The molecule has 10 nitrogen and oxygen atoms in total. The van der Waals surface area contributed by atoms with Crippen LogP contribution in [0.15, 0.2) is 53.5 Å². The van der Waals surface area contributed by atoms with Crippen molar-refractivity contribution in [2.24, 2.45) is 10.8 Å². The Bertz CT molecular complexity index is 915. The number of phenols is 1. The smallest absolute Gasteiger partial charge is 0.305 e. The Morgan fingerprint density at radius 1 is 1.14 bits per heavy atom. The maximum Gasteiger partial charge on any atom is 0.305 e. The first kappa shape index (κ1) is 21.4. The third kappa shape index (κ3) is 6.63. The number of para-hydroxylation sites is 1. The van der Waals surface area contributed by atoms with Crippen molar-refractivity contribution < 1.29 is 24.6 Å². The minimum absolute atomic E-state index is 0.132. The van der Waals surface area contributed by atoms with Crippen LogP contribution in [0.1, 0.15) is 28.4 Å². The minimum Gasteiger partial charge on any atom is -0.508 e. The molecule has 1 atom stereocenters. The molecule has 2 amide bonds. The van der Waals surface area contributed by atoms with Crippen LogP contribution in [-0.4, -0.2) is 40.9 Å². The first-order valence-corrected chi connectivity index (χ1v) is 8.56. The fourth-order valence-corrected chi connectivity index (χ4v) is 2.54. The molecule has 0 radical (unpaired) electrons. The van der Waals surface area contributed by atoms with Crippen LogP contribution in [-0.2, 0) is 9.59 Å². The molecule has 0 aliphatic carbocycles. The number of benzene rings is 2. The van der Waals surface area contributed by atoms with E-state index < -0.39 is 30.2 Å². The van der Waals surface area contributed by atoms with Crippen molar-refractivity contribution in [2.75, 3.05) is 6.54 Å². The van der Waals surface area contributed by atoms with Gasteiger partial charge >= 0.3 is 5.97 Å². The van der Waals surface area contributed by atoms with Crippen LogP contribution in [0.4, 0.5) is 5.69 Å². The molecule has 0 saturated heterocycles. The van der Waals surface area contributed by atoms with Gasteiger partial charge in [0.05, 0.1) is 24.7 Å². The molecule has 1 unspecified atom stereocenters. The van der Waals surface area contributed by atoms with Gasteiger partial charge in [-0.1, -0.05) is 24.3 Å². The second kappa shape index (κ2) is 10.4. The molecule has 29 heavy (non-hydrogen) atoms. The van der Waals surface area contributed by atoms with Crippen LogP contribution < -0.4 is 21.9 Å². The molecule has 0 heterocycles. The summed E-state index contributed by atoms with van der Waals surface area (Å²) in [5.74, 6) is 2.72. The average Bonchev–Trinajstić information content (AvgIpc) is 2.70. The van der Waals surface area contributed by atoms with E-state index in [1.165, 1.54) is 24.5 Å². The molecule has 0 aliphatic heterocycles. The van der Waals surface area contributed by atoms with Gasteiger partial charge < -0.3 is 26.3 Å². The van der Waals surface area contributed by atoms with E-state index >= 15 is 0 Å². The van der Waals surface area contributed by atoms with Gasteiger partial charge in [0.15, 0.2) is 0 Å². The number of nitrogens with zero attached hydrogens (tertiary/aromatic N) is 1. The fourth-order valence-electron chi connectivity index (χ4n) is 2.54. The van der Waals surface area contributed by atoms with Crippen molar-refractivity contribution in [3.05, 3.63) is 59.7 Å². The SMILES string of the molecule is NNC=Nc1cccc(C(=O)NCC(=O)NC(CC(=O)O)c2ccccc2O)c1. The Balaban J connectivity index is 2.00. The second-order valence-electron chi connectivity index (χ2n) is 5.93. The van der Waals surface area contributed by atoms with Gasteiger partial charge in [0.2, 0.25) is 5.91 Å². The zero-order valence-corrected chi connectivity index (χ0v) is 15.3. The lowest BCUT2D eigenvalue weighted by Gasteiger charge is -2.18. The van der Waals surface area contributed by atoms with Crippen molar-refractivity contribution in [3.8, 4) is 5.75 Å². The van der Waals surface area contributed by atoms with Crippen LogP contribution in [0.3, 0.4) is 0 Å². The topological polar surface area (TPSA) is 166 Å². The number of carboxylic acid groups (broad SMARTS) is 1. The largest absolute Gasteiger partial charge is 0.508 e. The van der Waals surface area contributed by atoms with E-state index in [1.807, 2.05) is 0 Å². The normalized spacial score (nSPS) is 11.6. The predicted molar refractivity (Wildman–Crippen MR) is 105 cm³/mol. The number of hydrazine groups is 1. The molecule has 0 aromatic heterocycles. The molecular formula is C19H21N5O5. The predicted octanol–water partition coefficient (Wildman–Crippen LogP) is 0.577. The molecule has 152 valence electrons. The summed E-state index contributed by atoms with van der Waals surface area (Å²) in [6.45, 7) is -0.375. The lowest BCUT2D eigenvalue weighted by Crippen LogP contribution is -2.39. The third-order valence-corrected chi connectivity index (χ3v) is 3.83. The van der Waals surface area contributed by atoms with Crippen LogP contribution in [0.2, 0.25) is 0 Å². The number of rotatable bonds is 9. The molecule has 7 N–H and O–H groups in total. The summed E-state index contributed by atoms with van der Waals surface area (Å²) in [7, 11) is 0. The lowest BCUT2D eigenvalue weighted by atomic mass is 10.0. The van der Waals surface area contributed by atoms with E-state index in [4.69, 9.17) is 10.9 Å². The highest BCUT2D eigenvalue weighted by atomic mass is 16.4. The summed E-state index contributed by atoms with van der Waals surface area (Å²) >= 11 is 0. The number of carboxylic acids is 1. The zero-order valence-electron chi connectivity index (χ0n) is 15.3. The Hall–Kier alpha value is -3.92. The number of aliphatic imine (C=N–C) groups is 1. The maximum absolute atomic E-state index is 12.2. The number of nitrogens with two attached hydrogens (primary N) is 1. The summed E-state index contributed by atoms with van der Waals surface area (Å²) in [6.07, 6.45) is 0.832. The number of carbonyl (C=O) groups is 3. The van der Waals surface area contributed by atoms with Crippen molar-refractivity contribution in [3.63, 3.8) is 0 Å². The van der Waals surface area contributed by atoms with Crippen molar-refractivity contribution in [1.82, 2.24) is 16.1 Å². The molecule has 0 aliphatic rings. The molecule has 2 rings (SSSR count). The number of hydrogen-bond acceptors (Lipinski definition) is 6. The summed E-state index contributed by atoms with van der Waals surface area (Å²) in [5.41, 5.74) is 3.29. The van der Waals surface area contributed by atoms with E-state index in [-0.39, 0.29) is 23.4 Å². The van der Waals surface area contributed by atoms with Gasteiger partial charge in [-0.05, 0) is 24.3 Å². The molecule has 0 spiro atoms. The second-order valence-corrected chi connectivity index (χ2v) is 5.93. The zero-order chi connectivity index (χ0) is 21.2. The summed E-state index contributed by atoms with van der Waals surface area (Å²) in [4.78, 5) is 39.5. The number of amides is 2. The molecule has 2 aromatic rings. The summed E-state index contributed by atoms with van der Waals surface area (Å²) in [5, 5.41) is 24.0. The highest BCUT2D eigenvalue weighted by Gasteiger charge is 2.21. The molecule has 0 fully saturated rings. The van der Waals surface area contributed by atoms with Crippen molar-refractivity contribution in [2.45, 2.75) is 12.5 Å². The molecule has 2 aromatic carbocycles. The monoisotopic (exact) mass is 399 g/mol. The number of carbonyl (C=O) groups excluding carboxylic acids is 2. The Labute approximate surface area is 166 Å². The average molecular weight is 399 g/mol. The van der Waals surface area contributed by atoms with Crippen LogP contribution >= 0.6 is 0 Å². The summed E-state index contributed by atoms with van der Waals surface area (Å²) in [6, 6.07) is 11.5. The Morgan fingerprint density at radius 3 is 2.59 bits per heavy atom. The third-order valence-electron chi connectivity index (χ3n) is 3.83. The van der Waals surface area contributed by atoms with Crippen LogP contribution in [0, 0.1) is 0 Å². The van der Waals surface area contributed by atoms with E-state index in [0.29, 0.717) is 5.69 Å². The van der Waals surface area contributed by atoms with E-state index in [2.05, 4.69) is 21.1 Å².